The van der Waals surface area contributed by atoms with Gasteiger partial charge in [0.15, 0.2) is 0 Å². The minimum absolute atomic E-state index is 0.136. The van der Waals surface area contributed by atoms with Crippen LogP contribution in [-0.4, -0.2) is 18.0 Å². The summed E-state index contributed by atoms with van der Waals surface area (Å²) in [6.45, 7) is 2.13. The molecule has 198 valence electrons. The molecule has 11 rings (SSSR count). The number of aliphatic imine (C=N–C) groups is 1. The third kappa shape index (κ3) is 3.25. The molecule has 1 heterocycles. The molecule has 0 aromatic heterocycles. The van der Waals surface area contributed by atoms with Crippen LogP contribution in [0.25, 0.3) is 10.8 Å². The molecule has 1 fully saturated rings. The van der Waals surface area contributed by atoms with E-state index in [1.807, 2.05) is 72.9 Å². The summed E-state index contributed by atoms with van der Waals surface area (Å²) in [7, 11) is 0. The average molecular weight is 533 g/mol. The van der Waals surface area contributed by atoms with Crippen LogP contribution < -0.4 is 4.90 Å². The molecule has 4 atom stereocenters. The first-order chi connectivity index (χ1) is 20.1. The topological polar surface area (TPSA) is 49.7 Å². The molecule has 1 aliphatic heterocycles. The summed E-state index contributed by atoms with van der Waals surface area (Å²) in [5.74, 6) is -1.67. The number of imide groups is 1. The highest BCUT2D eigenvalue weighted by Crippen LogP contribution is 2.60. The Morgan fingerprint density at radius 3 is 2.32 bits per heavy atom. The Morgan fingerprint density at radius 1 is 0.780 bits per heavy atom. The number of hydrogen-bond donors (Lipinski definition) is 0. The van der Waals surface area contributed by atoms with Crippen LogP contribution in [0.15, 0.2) is 120 Å². The van der Waals surface area contributed by atoms with Gasteiger partial charge in [-0.15, -0.1) is 0 Å². The van der Waals surface area contributed by atoms with Crippen molar-refractivity contribution in [1.29, 1.82) is 0 Å². The predicted molar refractivity (Wildman–Crippen MR) is 163 cm³/mol. The minimum atomic E-state index is -0.897. The molecule has 0 unspecified atom stereocenters. The molecule has 41 heavy (non-hydrogen) atoms. The normalized spacial score (nSPS) is 24.1. The molecule has 0 N–H and O–H groups in total. The van der Waals surface area contributed by atoms with Crippen LogP contribution in [-0.2, 0) is 21.4 Å². The summed E-state index contributed by atoms with van der Waals surface area (Å²) in [6.07, 6.45) is 2.91. The first kappa shape index (κ1) is 24.0. The largest absolute Gasteiger partial charge is 0.274 e. The first-order valence-electron chi connectivity index (χ1n) is 14.3. The van der Waals surface area contributed by atoms with Crippen LogP contribution in [0.4, 0.5) is 11.4 Å². The molecular weight excluding hydrogens is 504 g/mol. The van der Waals surface area contributed by atoms with E-state index in [2.05, 4.69) is 55.5 Å². The molecule has 1 saturated heterocycles. The Labute approximate surface area is 239 Å². The van der Waals surface area contributed by atoms with Gasteiger partial charge < -0.3 is 0 Å². The van der Waals surface area contributed by atoms with E-state index in [0.717, 1.165) is 45.1 Å². The summed E-state index contributed by atoms with van der Waals surface area (Å²) in [4.78, 5) is 35.9. The minimum Gasteiger partial charge on any atom is -0.274 e. The molecule has 0 saturated carbocycles. The van der Waals surface area contributed by atoms with Crippen molar-refractivity contribution >= 4 is 40.2 Å². The zero-order valence-electron chi connectivity index (χ0n) is 22.7. The molecular formula is C37H28N2O2. The smallest absolute Gasteiger partial charge is 0.239 e. The Hall–Kier alpha value is -4.83. The van der Waals surface area contributed by atoms with Crippen LogP contribution in [0.5, 0.6) is 0 Å². The Morgan fingerprint density at radius 2 is 1.51 bits per heavy atom. The highest BCUT2D eigenvalue weighted by atomic mass is 16.2. The molecule has 5 aromatic rings. The zero-order valence-corrected chi connectivity index (χ0v) is 22.7. The van der Waals surface area contributed by atoms with Gasteiger partial charge in [-0.3, -0.25) is 14.6 Å². The summed E-state index contributed by atoms with van der Waals surface area (Å²) < 4.78 is 0. The Bertz CT molecular complexity index is 1880. The number of amides is 2. The molecule has 4 bridgehead atoms. The second-order valence-corrected chi connectivity index (χ2v) is 11.3. The van der Waals surface area contributed by atoms with Crippen molar-refractivity contribution < 1.29 is 9.59 Å². The van der Waals surface area contributed by atoms with Crippen molar-refractivity contribution in [2.45, 2.75) is 24.7 Å². The third-order valence-electron chi connectivity index (χ3n) is 9.46. The van der Waals surface area contributed by atoms with Crippen molar-refractivity contribution in [1.82, 2.24) is 0 Å². The van der Waals surface area contributed by atoms with Crippen LogP contribution in [0.2, 0.25) is 0 Å². The molecule has 5 aliphatic carbocycles. The van der Waals surface area contributed by atoms with Gasteiger partial charge in [-0.1, -0.05) is 104 Å². The monoisotopic (exact) mass is 532 g/mol. The summed E-state index contributed by atoms with van der Waals surface area (Å²) in [5, 5.41) is 1.90. The fraction of sp³-hybridized carbons (Fsp3) is 0.162. The van der Waals surface area contributed by atoms with Gasteiger partial charge in [0.2, 0.25) is 11.8 Å². The second kappa shape index (κ2) is 8.84. The Balaban J connectivity index is 1.39. The van der Waals surface area contributed by atoms with E-state index in [4.69, 9.17) is 4.99 Å². The second-order valence-electron chi connectivity index (χ2n) is 11.3. The van der Waals surface area contributed by atoms with E-state index in [9.17, 15) is 9.59 Å². The van der Waals surface area contributed by atoms with E-state index < -0.39 is 17.3 Å². The SMILES string of the molecule is CCc1ccc(N=C[C@@]23c4ccc(cc4)[C@@H](c4ccccc42)[C@@H]2C(=O)N(c4cccc5ccccc45)C(=O)[C@H]23)cc1. The van der Waals surface area contributed by atoms with E-state index in [1.165, 1.54) is 10.5 Å². The van der Waals surface area contributed by atoms with Gasteiger partial charge in [-0.05, 0) is 57.8 Å². The predicted octanol–water partition coefficient (Wildman–Crippen LogP) is 7.36. The van der Waals surface area contributed by atoms with Crippen LogP contribution in [0, 0.1) is 11.8 Å². The van der Waals surface area contributed by atoms with Crippen molar-refractivity contribution in [3.8, 4) is 0 Å². The van der Waals surface area contributed by atoms with Gasteiger partial charge in [0.25, 0.3) is 0 Å². The third-order valence-corrected chi connectivity index (χ3v) is 9.46. The molecule has 4 heteroatoms. The zero-order chi connectivity index (χ0) is 27.7. The Kier molecular flexibility index (Phi) is 5.17. The number of carbonyl (C=O) groups excluding carboxylic acids is 2. The number of hydrogen-bond acceptors (Lipinski definition) is 3. The standard InChI is InChI=1S/C37H28N2O2/c1-2-23-14-20-27(21-15-23)38-22-37-26-18-16-25(17-19-26)32(29-11-5-6-12-30(29)37)33-34(37)36(41)39(35(33)40)31-13-7-9-24-8-3-4-10-28(24)31/h3-22,32-34H,2H2,1H3/t32-,33-,34-,37+/m0/s1. The molecule has 0 spiro atoms. The number of benzene rings is 5. The number of aryl methyl sites for hydroxylation is 1. The van der Waals surface area contributed by atoms with E-state index >= 15 is 0 Å². The van der Waals surface area contributed by atoms with Crippen molar-refractivity contribution in [3.05, 3.63) is 143 Å². The highest BCUT2D eigenvalue weighted by molar-refractivity contribution is 6.27. The van der Waals surface area contributed by atoms with Crippen molar-refractivity contribution in [2.24, 2.45) is 16.8 Å². The van der Waals surface area contributed by atoms with Gasteiger partial charge in [0.05, 0.1) is 28.6 Å². The molecule has 6 aliphatic rings. The van der Waals surface area contributed by atoms with E-state index in [-0.39, 0.29) is 17.7 Å². The summed E-state index contributed by atoms with van der Waals surface area (Å²) >= 11 is 0. The van der Waals surface area contributed by atoms with Gasteiger partial charge >= 0.3 is 0 Å². The number of carbonyl (C=O) groups is 2. The molecule has 4 nitrogen and oxygen atoms in total. The highest BCUT2D eigenvalue weighted by Gasteiger charge is 2.65. The summed E-state index contributed by atoms with van der Waals surface area (Å²) in [6, 6.07) is 38.8. The number of anilines is 1. The maximum Gasteiger partial charge on any atom is 0.239 e. The fourth-order valence-electron chi connectivity index (χ4n) is 7.56. The maximum atomic E-state index is 14.8. The molecule has 5 aromatic carbocycles. The average Bonchev–Trinajstić information content (AvgIpc) is 3.27. The van der Waals surface area contributed by atoms with Crippen LogP contribution in [0.1, 0.15) is 40.7 Å². The molecule has 0 radical (unpaired) electrons. The maximum absolute atomic E-state index is 14.8. The number of rotatable bonds is 4. The van der Waals surface area contributed by atoms with Crippen LogP contribution >= 0.6 is 0 Å². The lowest BCUT2D eigenvalue weighted by Gasteiger charge is -2.48. The van der Waals surface area contributed by atoms with Gasteiger partial charge in [-0.2, -0.15) is 0 Å². The lowest BCUT2D eigenvalue weighted by Crippen LogP contribution is -2.51. The fourth-order valence-corrected chi connectivity index (χ4v) is 7.56. The quantitative estimate of drug-likeness (QED) is 0.179. The van der Waals surface area contributed by atoms with Crippen molar-refractivity contribution in [3.63, 3.8) is 0 Å². The van der Waals surface area contributed by atoms with E-state index in [1.54, 1.807) is 0 Å². The van der Waals surface area contributed by atoms with Crippen LogP contribution in [0.3, 0.4) is 0 Å². The first-order valence-corrected chi connectivity index (χ1v) is 14.3. The lowest BCUT2D eigenvalue weighted by molar-refractivity contribution is -0.122. The summed E-state index contributed by atoms with van der Waals surface area (Å²) in [5.41, 5.74) is 6.04. The lowest BCUT2D eigenvalue weighted by atomic mass is 9.52. The van der Waals surface area contributed by atoms with E-state index in [0.29, 0.717) is 5.69 Å². The van der Waals surface area contributed by atoms with Gasteiger partial charge in [-0.25, -0.2) is 4.90 Å². The number of fused-ring (bicyclic) bond motifs is 1. The van der Waals surface area contributed by atoms with Crippen molar-refractivity contribution in [2.75, 3.05) is 4.90 Å². The molecule has 2 amide bonds. The van der Waals surface area contributed by atoms with Gasteiger partial charge in [0, 0.05) is 17.5 Å². The van der Waals surface area contributed by atoms with Gasteiger partial charge in [0.1, 0.15) is 0 Å². The number of nitrogens with zero attached hydrogens (tertiary/aromatic N) is 2.